The second-order valence-corrected chi connectivity index (χ2v) is 4.10. The number of carboxylic acids is 1. The molecule has 2 rings (SSSR count). The van der Waals surface area contributed by atoms with Gasteiger partial charge in [0.2, 0.25) is 0 Å². The Hall–Kier alpha value is -2.30. The largest absolute Gasteiger partial charge is 0.485 e. The van der Waals surface area contributed by atoms with Crippen molar-refractivity contribution in [3.63, 3.8) is 0 Å². The van der Waals surface area contributed by atoms with Crippen LogP contribution < -0.4 is 4.74 Å². The van der Waals surface area contributed by atoms with Crippen LogP contribution >= 0.6 is 0 Å². The predicted molar refractivity (Wildman–Crippen MR) is 70.0 cm³/mol. The Morgan fingerprint density at radius 2 is 2.21 bits per heavy atom. The Morgan fingerprint density at radius 1 is 1.42 bits per heavy atom. The Morgan fingerprint density at radius 3 is 2.95 bits per heavy atom. The number of rotatable bonds is 6. The third-order valence-corrected chi connectivity index (χ3v) is 2.81. The lowest BCUT2D eigenvalue weighted by Crippen LogP contribution is -2.07. The van der Waals surface area contributed by atoms with E-state index >= 15 is 0 Å². The highest BCUT2D eigenvalue weighted by Crippen LogP contribution is 2.19. The van der Waals surface area contributed by atoms with Gasteiger partial charge in [0.1, 0.15) is 18.2 Å². The molecule has 0 spiro atoms. The van der Waals surface area contributed by atoms with Crippen molar-refractivity contribution >= 4 is 5.97 Å². The molecule has 0 atom stereocenters. The molecule has 0 amide bonds. The number of para-hydroxylation sites is 1. The number of nitrogens with zero attached hydrogens (tertiary/aromatic N) is 2. The van der Waals surface area contributed by atoms with Crippen molar-refractivity contribution in [1.29, 1.82) is 0 Å². The summed E-state index contributed by atoms with van der Waals surface area (Å²) >= 11 is 0. The fraction of sp³-hybridized carbons (Fsp3) is 0.286. The number of hydrogen-bond acceptors (Lipinski definition) is 3. The first-order valence-corrected chi connectivity index (χ1v) is 6.13. The molecule has 19 heavy (non-hydrogen) atoms. The van der Waals surface area contributed by atoms with E-state index in [-0.39, 0.29) is 6.42 Å². The molecular formula is C14H16N2O3. The average molecular weight is 260 g/mol. The Labute approximate surface area is 111 Å². The first-order valence-electron chi connectivity index (χ1n) is 6.13. The van der Waals surface area contributed by atoms with Gasteiger partial charge in [-0.15, -0.1) is 0 Å². The third kappa shape index (κ3) is 3.34. The number of aromatic nitrogens is 2. The van der Waals surface area contributed by atoms with Crippen molar-refractivity contribution in [1.82, 2.24) is 9.55 Å². The third-order valence-electron chi connectivity index (χ3n) is 2.81. The quantitative estimate of drug-likeness (QED) is 0.864. The van der Waals surface area contributed by atoms with Gasteiger partial charge in [-0.2, -0.15) is 0 Å². The van der Waals surface area contributed by atoms with Gasteiger partial charge in [-0.05, 0) is 13.0 Å². The fourth-order valence-electron chi connectivity index (χ4n) is 1.86. The van der Waals surface area contributed by atoms with E-state index in [1.807, 2.05) is 23.8 Å². The van der Waals surface area contributed by atoms with E-state index in [9.17, 15) is 4.79 Å². The van der Waals surface area contributed by atoms with Crippen LogP contribution in [0.1, 0.15) is 18.3 Å². The van der Waals surface area contributed by atoms with E-state index in [1.165, 1.54) is 0 Å². The SMILES string of the molecule is CCn1ccnc1COc1ccccc1CC(=O)O. The molecule has 1 heterocycles. The standard InChI is InChI=1S/C14H16N2O3/c1-2-16-8-7-15-13(16)10-19-12-6-4-3-5-11(12)9-14(17)18/h3-8H,2,9-10H2,1H3,(H,17,18). The van der Waals surface area contributed by atoms with Crippen LogP contribution in [-0.2, 0) is 24.4 Å². The molecule has 0 unspecified atom stereocenters. The van der Waals surface area contributed by atoms with Crippen molar-refractivity contribution < 1.29 is 14.6 Å². The minimum Gasteiger partial charge on any atom is -0.485 e. The van der Waals surface area contributed by atoms with Crippen LogP contribution in [0, 0.1) is 0 Å². The molecule has 1 aromatic carbocycles. The van der Waals surface area contributed by atoms with Crippen LogP contribution in [0.2, 0.25) is 0 Å². The van der Waals surface area contributed by atoms with Crippen LogP contribution in [-0.4, -0.2) is 20.6 Å². The van der Waals surface area contributed by atoms with E-state index in [4.69, 9.17) is 9.84 Å². The molecule has 100 valence electrons. The number of benzene rings is 1. The summed E-state index contributed by atoms with van der Waals surface area (Å²) in [6, 6.07) is 7.17. The minimum atomic E-state index is -0.869. The summed E-state index contributed by atoms with van der Waals surface area (Å²) in [4.78, 5) is 15.0. The first-order chi connectivity index (χ1) is 9.20. The van der Waals surface area contributed by atoms with Gasteiger partial charge >= 0.3 is 5.97 Å². The predicted octanol–water partition coefficient (Wildman–Crippen LogP) is 2.11. The van der Waals surface area contributed by atoms with E-state index in [0.29, 0.717) is 17.9 Å². The highest BCUT2D eigenvalue weighted by Gasteiger charge is 2.08. The molecule has 1 aromatic heterocycles. The summed E-state index contributed by atoms with van der Waals surface area (Å²) in [7, 11) is 0. The first kappa shape index (κ1) is 13.1. The van der Waals surface area contributed by atoms with E-state index in [2.05, 4.69) is 4.98 Å². The zero-order chi connectivity index (χ0) is 13.7. The molecule has 5 nitrogen and oxygen atoms in total. The Bertz CT molecular complexity index is 563. The van der Waals surface area contributed by atoms with Crippen LogP contribution in [0.15, 0.2) is 36.7 Å². The molecule has 0 saturated heterocycles. The van der Waals surface area contributed by atoms with Crippen molar-refractivity contribution in [3.8, 4) is 5.75 Å². The molecule has 0 saturated carbocycles. The van der Waals surface area contributed by atoms with Crippen LogP contribution in [0.3, 0.4) is 0 Å². The molecule has 0 aliphatic heterocycles. The van der Waals surface area contributed by atoms with Gasteiger partial charge in [-0.3, -0.25) is 4.79 Å². The smallest absolute Gasteiger partial charge is 0.307 e. The Kier molecular flexibility index (Phi) is 4.18. The number of imidazole rings is 1. The number of carbonyl (C=O) groups is 1. The monoisotopic (exact) mass is 260 g/mol. The lowest BCUT2D eigenvalue weighted by atomic mass is 10.1. The summed E-state index contributed by atoms with van der Waals surface area (Å²) in [6.45, 7) is 3.19. The Balaban J connectivity index is 2.09. The second-order valence-electron chi connectivity index (χ2n) is 4.10. The molecule has 1 N–H and O–H groups in total. The summed E-state index contributed by atoms with van der Waals surface area (Å²) < 4.78 is 7.66. The molecule has 0 fully saturated rings. The van der Waals surface area contributed by atoms with Crippen LogP contribution in [0.25, 0.3) is 0 Å². The van der Waals surface area contributed by atoms with Crippen molar-refractivity contribution in [2.24, 2.45) is 0 Å². The average Bonchev–Trinajstić information content (AvgIpc) is 2.84. The zero-order valence-corrected chi connectivity index (χ0v) is 10.7. The summed E-state index contributed by atoms with van der Waals surface area (Å²) in [5, 5.41) is 8.85. The number of aryl methyl sites for hydroxylation is 1. The van der Waals surface area contributed by atoms with Gasteiger partial charge in [0.15, 0.2) is 0 Å². The van der Waals surface area contributed by atoms with Crippen molar-refractivity contribution in [3.05, 3.63) is 48.0 Å². The van der Waals surface area contributed by atoms with Crippen molar-refractivity contribution in [2.75, 3.05) is 0 Å². The van der Waals surface area contributed by atoms with Crippen molar-refractivity contribution in [2.45, 2.75) is 26.5 Å². The zero-order valence-electron chi connectivity index (χ0n) is 10.7. The number of hydrogen-bond donors (Lipinski definition) is 1. The maximum atomic E-state index is 10.8. The van der Waals surface area contributed by atoms with Gasteiger partial charge in [0.25, 0.3) is 0 Å². The van der Waals surface area contributed by atoms with Gasteiger partial charge < -0.3 is 14.4 Å². The summed E-state index contributed by atoms with van der Waals surface area (Å²) in [6.07, 6.45) is 3.57. The molecular weight excluding hydrogens is 244 g/mol. The van der Waals surface area contributed by atoms with Gasteiger partial charge in [-0.1, -0.05) is 18.2 Å². The normalized spacial score (nSPS) is 10.4. The summed E-state index contributed by atoms with van der Waals surface area (Å²) in [5.41, 5.74) is 0.671. The fourth-order valence-corrected chi connectivity index (χ4v) is 1.86. The second kappa shape index (κ2) is 6.04. The number of aliphatic carboxylic acids is 1. The molecule has 0 aliphatic rings. The molecule has 0 bridgehead atoms. The highest BCUT2D eigenvalue weighted by molar-refractivity contribution is 5.71. The topological polar surface area (TPSA) is 64.4 Å². The van der Waals surface area contributed by atoms with Crippen LogP contribution in [0.4, 0.5) is 0 Å². The minimum absolute atomic E-state index is 0.0433. The summed E-state index contributed by atoms with van der Waals surface area (Å²) in [5.74, 6) is 0.550. The lowest BCUT2D eigenvalue weighted by molar-refractivity contribution is -0.136. The van der Waals surface area contributed by atoms with E-state index in [0.717, 1.165) is 12.4 Å². The lowest BCUT2D eigenvalue weighted by Gasteiger charge is -2.10. The molecule has 5 heteroatoms. The van der Waals surface area contributed by atoms with E-state index in [1.54, 1.807) is 24.4 Å². The maximum absolute atomic E-state index is 10.8. The highest BCUT2D eigenvalue weighted by atomic mass is 16.5. The van der Waals surface area contributed by atoms with Gasteiger partial charge in [0.05, 0.1) is 6.42 Å². The van der Waals surface area contributed by atoms with Crippen LogP contribution in [0.5, 0.6) is 5.75 Å². The molecule has 0 radical (unpaired) electrons. The van der Waals surface area contributed by atoms with Gasteiger partial charge in [-0.25, -0.2) is 4.98 Å². The maximum Gasteiger partial charge on any atom is 0.307 e. The number of ether oxygens (including phenoxy) is 1. The number of carboxylic acid groups (broad SMARTS) is 1. The van der Waals surface area contributed by atoms with Gasteiger partial charge in [0, 0.05) is 24.5 Å². The molecule has 2 aromatic rings. The van der Waals surface area contributed by atoms with E-state index < -0.39 is 5.97 Å². The molecule has 0 aliphatic carbocycles.